The molecule has 4 nitrogen and oxygen atoms in total. The smallest absolute Gasteiger partial charge is 0.335 e. The van der Waals surface area contributed by atoms with Gasteiger partial charge in [0, 0.05) is 22.0 Å². The number of rotatable bonds is 3. The molecule has 3 rings (SSSR count). The second-order valence-electron chi connectivity index (χ2n) is 5.21. The molecule has 0 atom stereocenters. The number of aromatic hydroxyl groups is 1. The average Bonchev–Trinajstić information content (AvgIpc) is 2.91. The second-order valence-corrected chi connectivity index (χ2v) is 5.65. The monoisotopic (exact) mass is 327 g/mol. The Bertz CT molecular complexity index is 899. The lowest BCUT2D eigenvalue weighted by molar-refractivity contribution is 0.0697. The van der Waals surface area contributed by atoms with E-state index in [0.717, 1.165) is 11.4 Å². The minimum atomic E-state index is -0.983. The van der Waals surface area contributed by atoms with Crippen molar-refractivity contribution in [1.82, 2.24) is 4.57 Å². The van der Waals surface area contributed by atoms with E-state index in [1.807, 2.05) is 29.7 Å². The number of aromatic carboxylic acids is 1. The number of aromatic nitrogens is 1. The van der Waals surface area contributed by atoms with Gasteiger partial charge in [0.25, 0.3) is 0 Å². The predicted octanol–water partition coefficient (Wildman–Crippen LogP) is 4.51. The molecule has 0 radical (unpaired) electrons. The molecule has 1 aromatic heterocycles. The summed E-state index contributed by atoms with van der Waals surface area (Å²) in [4.78, 5) is 11.2. The van der Waals surface area contributed by atoms with Crippen LogP contribution < -0.4 is 0 Å². The lowest BCUT2D eigenvalue weighted by Gasteiger charge is -2.14. The molecule has 1 heterocycles. The van der Waals surface area contributed by atoms with Gasteiger partial charge < -0.3 is 14.8 Å². The fourth-order valence-corrected chi connectivity index (χ4v) is 2.76. The van der Waals surface area contributed by atoms with E-state index < -0.39 is 5.97 Å². The van der Waals surface area contributed by atoms with Crippen LogP contribution in [0.15, 0.2) is 54.6 Å². The van der Waals surface area contributed by atoms with Gasteiger partial charge >= 0.3 is 5.97 Å². The Balaban J connectivity index is 2.22. The summed E-state index contributed by atoms with van der Waals surface area (Å²) in [6.07, 6.45) is 0. The maximum atomic E-state index is 11.2. The number of hydrogen-bond donors (Lipinski definition) is 2. The molecular weight excluding hydrogens is 314 g/mol. The Morgan fingerprint density at radius 3 is 2.61 bits per heavy atom. The van der Waals surface area contributed by atoms with Crippen LogP contribution in [0.3, 0.4) is 0 Å². The van der Waals surface area contributed by atoms with Gasteiger partial charge in [0.05, 0.1) is 11.3 Å². The summed E-state index contributed by atoms with van der Waals surface area (Å²) in [5, 5.41) is 19.8. The number of phenols is 1. The van der Waals surface area contributed by atoms with Gasteiger partial charge in [-0.3, -0.25) is 0 Å². The zero-order valence-electron chi connectivity index (χ0n) is 12.3. The van der Waals surface area contributed by atoms with Crippen LogP contribution in [0.4, 0.5) is 0 Å². The summed E-state index contributed by atoms with van der Waals surface area (Å²) in [6.45, 7) is 1.92. The van der Waals surface area contributed by atoms with Gasteiger partial charge in [0.15, 0.2) is 0 Å². The molecule has 0 fully saturated rings. The van der Waals surface area contributed by atoms with Crippen molar-refractivity contribution in [1.29, 1.82) is 0 Å². The van der Waals surface area contributed by atoms with E-state index in [1.165, 1.54) is 6.07 Å². The minimum Gasteiger partial charge on any atom is -0.507 e. The molecule has 5 heteroatoms. The number of halogens is 1. The van der Waals surface area contributed by atoms with Gasteiger partial charge in [-0.1, -0.05) is 17.7 Å². The summed E-state index contributed by atoms with van der Waals surface area (Å²) >= 11 is 6.04. The van der Waals surface area contributed by atoms with Gasteiger partial charge in [0.2, 0.25) is 0 Å². The molecule has 3 aromatic rings. The second kappa shape index (κ2) is 5.82. The normalized spacial score (nSPS) is 10.7. The van der Waals surface area contributed by atoms with Gasteiger partial charge in [-0.25, -0.2) is 4.79 Å². The Labute approximate surface area is 138 Å². The van der Waals surface area contributed by atoms with Crippen LogP contribution in [0.25, 0.3) is 16.9 Å². The highest BCUT2D eigenvalue weighted by atomic mass is 35.5. The van der Waals surface area contributed by atoms with Gasteiger partial charge in [0.1, 0.15) is 5.75 Å². The van der Waals surface area contributed by atoms with Crippen LogP contribution in [0.5, 0.6) is 5.75 Å². The fraction of sp³-hybridized carbons (Fsp3) is 0.0556. The van der Waals surface area contributed by atoms with E-state index >= 15 is 0 Å². The number of aryl methyl sites for hydroxylation is 1. The molecule has 0 aliphatic rings. The number of hydrogen-bond acceptors (Lipinski definition) is 2. The van der Waals surface area contributed by atoms with Crippen LogP contribution in [0.2, 0.25) is 5.02 Å². The lowest BCUT2D eigenvalue weighted by Crippen LogP contribution is -2.02. The molecule has 0 spiro atoms. The van der Waals surface area contributed by atoms with E-state index in [4.69, 9.17) is 11.6 Å². The van der Waals surface area contributed by atoms with Crippen molar-refractivity contribution in [2.24, 2.45) is 0 Å². The molecule has 0 saturated carbocycles. The molecule has 2 aromatic carbocycles. The topological polar surface area (TPSA) is 62.5 Å². The first-order chi connectivity index (χ1) is 11.0. The molecule has 2 N–H and O–H groups in total. The van der Waals surface area contributed by atoms with Crippen molar-refractivity contribution in [2.45, 2.75) is 6.92 Å². The Morgan fingerprint density at radius 2 is 1.87 bits per heavy atom. The molecule has 0 bridgehead atoms. The van der Waals surface area contributed by atoms with E-state index in [0.29, 0.717) is 16.3 Å². The number of nitrogens with zero attached hydrogens (tertiary/aromatic N) is 1. The third kappa shape index (κ3) is 2.81. The molecule has 0 saturated heterocycles. The van der Waals surface area contributed by atoms with E-state index in [2.05, 4.69) is 0 Å². The average molecular weight is 328 g/mol. The highest BCUT2D eigenvalue weighted by Crippen LogP contribution is 2.34. The van der Waals surface area contributed by atoms with Crippen LogP contribution in [-0.2, 0) is 0 Å². The van der Waals surface area contributed by atoms with Crippen molar-refractivity contribution >= 4 is 17.6 Å². The molecular formula is C18H14ClNO3. The summed E-state index contributed by atoms with van der Waals surface area (Å²) in [5.74, 6) is -0.869. The molecule has 0 aliphatic carbocycles. The fourth-order valence-electron chi connectivity index (χ4n) is 2.58. The van der Waals surface area contributed by atoms with Crippen LogP contribution in [0, 0.1) is 6.92 Å². The largest absolute Gasteiger partial charge is 0.507 e. The Morgan fingerprint density at radius 1 is 1.09 bits per heavy atom. The molecule has 23 heavy (non-hydrogen) atoms. The van der Waals surface area contributed by atoms with Crippen molar-refractivity contribution < 1.29 is 15.0 Å². The third-order valence-corrected chi connectivity index (χ3v) is 3.90. The maximum Gasteiger partial charge on any atom is 0.335 e. The zero-order chi connectivity index (χ0) is 16.6. The zero-order valence-corrected chi connectivity index (χ0v) is 13.1. The first kappa shape index (κ1) is 15.2. The van der Waals surface area contributed by atoms with E-state index in [9.17, 15) is 15.0 Å². The van der Waals surface area contributed by atoms with E-state index in [1.54, 1.807) is 30.3 Å². The minimum absolute atomic E-state index is 0.114. The Hall–Kier alpha value is -2.72. The van der Waals surface area contributed by atoms with Crippen molar-refractivity contribution in [3.63, 3.8) is 0 Å². The molecule has 0 unspecified atom stereocenters. The highest BCUT2D eigenvalue weighted by Gasteiger charge is 2.14. The van der Waals surface area contributed by atoms with E-state index in [-0.39, 0.29) is 11.3 Å². The van der Waals surface area contributed by atoms with Crippen molar-refractivity contribution in [2.75, 3.05) is 0 Å². The van der Waals surface area contributed by atoms with Crippen LogP contribution in [0.1, 0.15) is 16.1 Å². The van der Waals surface area contributed by atoms with Crippen molar-refractivity contribution in [3.8, 4) is 22.7 Å². The first-order valence-corrected chi connectivity index (χ1v) is 7.36. The van der Waals surface area contributed by atoms with Crippen molar-refractivity contribution in [3.05, 3.63) is 70.9 Å². The number of benzene rings is 2. The SMILES string of the molecule is Cc1ccc(-c2cc(Cl)ccc2O)n1-c1cccc(C(=O)O)c1. The number of carboxylic acids is 1. The quantitative estimate of drug-likeness (QED) is 0.744. The Kier molecular flexibility index (Phi) is 3.84. The first-order valence-electron chi connectivity index (χ1n) is 6.98. The number of phenolic OH excluding ortho intramolecular Hbond substituents is 1. The van der Waals surface area contributed by atoms with Gasteiger partial charge in [-0.15, -0.1) is 0 Å². The summed E-state index contributed by atoms with van der Waals surface area (Å²) in [6, 6.07) is 15.3. The number of carbonyl (C=O) groups is 1. The predicted molar refractivity (Wildman–Crippen MR) is 89.6 cm³/mol. The lowest BCUT2D eigenvalue weighted by atomic mass is 10.1. The third-order valence-electron chi connectivity index (χ3n) is 3.66. The molecule has 0 aliphatic heterocycles. The standard InChI is InChI=1S/C18H14ClNO3/c1-11-5-7-16(15-10-13(19)6-8-17(15)21)20(11)14-4-2-3-12(9-14)18(22)23/h2-10,21H,1H3,(H,22,23). The molecule has 0 amide bonds. The maximum absolute atomic E-state index is 11.2. The highest BCUT2D eigenvalue weighted by molar-refractivity contribution is 6.31. The number of carboxylic acid groups (broad SMARTS) is 1. The van der Waals surface area contributed by atoms with Gasteiger partial charge in [-0.05, 0) is 55.5 Å². The summed E-state index contributed by atoms with van der Waals surface area (Å²) < 4.78 is 1.89. The van der Waals surface area contributed by atoms with Gasteiger partial charge in [-0.2, -0.15) is 0 Å². The van der Waals surface area contributed by atoms with Crippen LogP contribution >= 0.6 is 11.6 Å². The van der Waals surface area contributed by atoms with Crippen LogP contribution in [-0.4, -0.2) is 20.7 Å². The summed E-state index contributed by atoms with van der Waals surface area (Å²) in [7, 11) is 0. The summed E-state index contributed by atoms with van der Waals surface area (Å²) in [5.41, 5.74) is 3.16. The molecule has 116 valence electrons.